The van der Waals surface area contributed by atoms with Gasteiger partial charge in [-0.25, -0.2) is 8.42 Å². The zero-order valence-electron chi connectivity index (χ0n) is 7.40. The average Bonchev–Trinajstić information content (AvgIpc) is 2.91. The molecule has 0 aliphatic heterocycles. The normalized spacial score (nSPS) is 16.6. The molecular weight excluding hydrogens is 313 g/mol. The van der Waals surface area contributed by atoms with Gasteiger partial charge in [-0.05, 0) is 59.7 Å². The van der Waals surface area contributed by atoms with Crippen LogP contribution in [0.5, 0.6) is 0 Å². The van der Waals surface area contributed by atoms with Gasteiger partial charge in [0.15, 0.2) is 0 Å². The molecule has 1 aliphatic rings. The molecule has 0 atom stereocenters. The van der Waals surface area contributed by atoms with Crippen LogP contribution in [0.15, 0.2) is 24.3 Å². The highest BCUT2D eigenvalue weighted by Crippen LogP contribution is 2.29. The fourth-order valence-corrected chi connectivity index (χ4v) is 2.89. The molecule has 1 aliphatic carbocycles. The molecule has 3 nitrogen and oxygen atoms in total. The van der Waals surface area contributed by atoms with Gasteiger partial charge in [0.25, 0.3) is 0 Å². The molecule has 1 saturated carbocycles. The van der Waals surface area contributed by atoms with Crippen LogP contribution in [0.25, 0.3) is 0 Å². The van der Waals surface area contributed by atoms with E-state index in [4.69, 9.17) is 0 Å². The van der Waals surface area contributed by atoms with Crippen molar-refractivity contribution in [3.8, 4) is 0 Å². The largest absolute Gasteiger partial charge is 0.283 e. The lowest BCUT2D eigenvalue weighted by Gasteiger charge is -2.06. The maximum absolute atomic E-state index is 11.5. The highest BCUT2D eigenvalue weighted by Gasteiger charge is 2.35. The molecule has 1 aromatic carbocycles. The Morgan fingerprint density at radius 2 is 1.79 bits per heavy atom. The van der Waals surface area contributed by atoms with Gasteiger partial charge in [0.1, 0.15) is 0 Å². The molecule has 0 amide bonds. The zero-order chi connectivity index (χ0) is 10.2. The average molecular weight is 323 g/mol. The first-order chi connectivity index (χ1) is 6.58. The van der Waals surface area contributed by atoms with Crippen molar-refractivity contribution in [1.29, 1.82) is 0 Å². The summed E-state index contributed by atoms with van der Waals surface area (Å²) in [6.07, 6.45) is 1.58. The molecule has 0 aromatic heterocycles. The Morgan fingerprint density at radius 3 is 2.29 bits per heavy atom. The van der Waals surface area contributed by atoms with E-state index in [1.165, 1.54) is 0 Å². The summed E-state index contributed by atoms with van der Waals surface area (Å²) >= 11 is 2.18. The molecule has 1 fully saturated rings. The molecular formula is C9H10INO2S. The van der Waals surface area contributed by atoms with Gasteiger partial charge in [-0.2, -0.15) is 0 Å². The summed E-state index contributed by atoms with van der Waals surface area (Å²) in [7, 11) is -3.11. The van der Waals surface area contributed by atoms with Gasteiger partial charge >= 0.3 is 0 Å². The predicted octanol–water partition coefficient (Wildman–Crippen LogP) is 2.20. The molecule has 0 radical (unpaired) electrons. The van der Waals surface area contributed by atoms with Crippen molar-refractivity contribution in [2.45, 2.75) is 18.1 Å². The summed E-state index contributed by atoms with van der Waals surface area (Å²) in [5.74, 6) is 0. The van der Waals surface area contributed by atoms with Crippen molar-refractivity contribution in [1.82, 2.24) is 0 Å². The number of benzene rings is 1. The number of nitrogens with one attached hydrogen (secondary N) is 1. The van der Waals surface area contributed by atoms with Crippen molar-refractivity contribution >= 4 is 38.3 Å². The first-order valence-corrected chi connectivity index (χ1v) is 6.98. The van der Waals surface area contributed by atoms with E-state index in [9.17, 15) is 8.42 Å². The Kier molecular flexibility index (Phi) is 2.70. The fraction of sp³-hybridized carbons (Fsp3) is 0.333. The number of hydrogen-bond acceptors (Lipinski definition) is 2. The smallest absolute Gasteiger partial charge is 0.235 e. The molecule has 14 heavy (non-hydrogen) atoms. The van der Waals surface area contributed by atoms with Crippen molar-refractivity contribution in [3.63, 3.8) is 0 Å². The molecule has 0 saturated heterocycles. The molecule has 5 heteroatoms. The molecule has 2 rings (SSSR count). The van der Waals surface area contributed by atoms with Crippen molar-refractivity contribution in [2.75, 3.05) is 4.72 Å². The van der Waals surface area contributed by atoms with E-state index in [1.807, 2.05) is 12.1 Å². The first-order valence-electron chi connectivity index (χ1n) is 4.35. The van der Waals surface area contributed by atoms with Crippen LogP contribution in [0.1, 0.15) is 12.8 Å². The van der Waals surface area contributed by atoms with Crippen LogP contribution in [0, 0.1) is 3.57 Å². The Bertz CT molecular complexity index is 423. The number of hydrogen-bond donors (Lipinski definition) is 1. The van der Waals surface area contributed by atoms with Crippen molar-refractivity contribution in [2.24, 2.45) is 0 Å². The van der Waals surface area contributed by atoms with Crippen LogP contribution in [0.4, 0.5) is 5.69 Å². The van der Waals surface area contributed by atoms with Gasteiger partial charge in [-0.1, -0.05) is 0 Å². The summed E-state index contributed by atoms with van der Waals surface area (Å²) in [5.41, 5.74) is 0.650. The molecule has 0 heterocycles. The van der Waals surface area contributed by atoms with Crippen LogP contribution in [0.3, 0.4) is 0 Å². The third-order valence-electron chi connectivity index (χ3n) is 2.07. The van der Waals surface area contributed by atoms with Gasteiger partial charge in [0, 0.05) is 9.26 Å². The summed E-state index contributed by atoms with van der Waals surface area (Å²) in [4.78, 5) is 0. The molecule has 1 aromatic rings. The second kappa shape index (κ2) is 3.69. The molecule has 0 bridgehead atoms. The Balaban J connectivity index is 2.14. The van der Waals surface area contributed by atoms with Gasteiger partial charge in [-0.15, -0.1) is 0 Å². The number of sulfonamides is 1. The summed E-state index contributed by atoms with van der Waals surface area (Å²) in [6.45, 7) is 0. The fourth-order valence-electron chi connectivity index (χ4n) is 1.14. The Morgan fingerprint density at radius 1 is 1.21 bits per heavy atom. The zero-order valence-corrected chi connectivity index (χ0v) is 10.4. The monoisotopic (exact) mass is 323 g/mol. The minimum atomic E-state index is -3.11. The van der Waals surface area contributed by atoms with E-state index in [1.54, 1.807) is 12.1 Å². The van der Waals surface area contributed by atoms with Gasteiger partial charge in [-0.3, -0.25) is 4.72 Å². The van der Waals surface area contributed by atoms with Crippen LogP contribution < -0.4 is 4.72 Å². The summed E-state index contributed by atoms with van der Waals surface area (Å²) < 4.78 is 26.7. The van der Waals surface area contributed by atoms with E-state index >= 15 is 0 Å². The number of anilines is 1. The van der Waals surface area contributed by atoms with Gasteiger partial charge < -0.3 is 0 Å². The molecule has 0 unspecified atom stereocenters. The minimum absolute atomic E-state index is 0.165. The van der Waals surface area contributed by atoms with E-state index in [0.717, 1.165) is 16.4 Å². The second-order valence-corrected chi connectivity index (χ2v) is 6.56. The standard InChI is InChI=1S/C9H10INO2S/c10-7-1-3-8(4-2-7)11-14(12,13)9-5-6-9/h1-4,9,11H,5-6H2. The number of halogens is 1. The SMILES string of the molecule is O=S(=O)(Nc1ccc(I)cc1)C1CC1. The lowest BCUT2D eigenvalue weighted by Crippen LogP contribution is -2.17. The van der Waals surface area contributed by atoms with Crippen molar-refractivity contribution in [3.05, 3.63) is 27.8 Å². The van der Waals surface area contributed by atoms with E-state index in [-0.39, 0.29) is 5.25 Å². The van der Waals surface area contributed by atoms with Crippen LogP contribution in [-0.2, 0) is 10.0 Å². The van der Waals surface area contributed by atoms with E-state index < -0.39 is 10.0 Å². The first kappa shape index (κ1) is 10.2. The van der Waals surface area contributed by atoms with Crippen LogP contribution >= 0.6 is 22.6 Å². The van der Waals surface area contributed by atoms with Crippen molar-refractivity contribution < 1.29 is 8.42 Å². The van der Waals surface area contributed by atoms with Crippen LogP contribution in [-0.4, -0.2) is 13.7 Å². The third kappa shape index (κ3) is 2.38. The second-order valence-electron chi connectivity index (χ2n) is 3.35. The van der Waals surface area contributed by atoms with Crippen LogP contribution in [0.2, 0.25) is 0 Å². The lowest BCUT2D eigenvalue weighted by molar-refractivity contribution is 0.600. The lowest BCUT2D eigenvalue weighted by atomic mass is 10.3. The van der Waals surface area contributed by atoms with E-state index in [0.29, 0.717) is 5.69 Å². The summed E-state index contributed by atoms with van der Waals surface area (Å²) in [6, 6.07) is 7.32. The number of rotatable bonds is 3. The quantitative estimate of drug-likeness (QED) is 0.867. The molecule has 1 N–H and O–H groups in total. The Labute approximate surface area is 97.1 Å². The Hall–Kier alpha value is -0.300. The third-order valence-corrected chi connectivity index (χ3v) is 4.66. The summed E-state index contributed by atoms with van der Waals surface area (Å²) in [5, 5.41) is -0.165. The van der Waals surface area contributed by atoms with Gasteiger partial charge in [0.05, 0.1) is 5.25 Å². The maximum atomic E-state index is 11.5. The highest BCUT2D eigenvalue weighted by atomic mass is 127. The van der Waals surface area contributed by atoms with Gasteiger partial charge in [0.2, 0.25) is 10.0 Å². The topological polar surface area (TPSA) is 46.2 Å². The molecule has 76 valence electrons. The maximum Gasteiger partial charge on any atom is 0.235 e. The molecule has 0 spiro atoms. The highest BCUT2D eigenvalue weighted by molar-refractivity contribution is 14.1. The predicted molar refractivity (Wildman–Crippen MR) is 64.7 cm³/mol. The van der Waals surface area contributed by atoms with E-state index in [2.05, 4.69) is 27.3 Å². The minimum Gasteiger partial charge on any atom is -0.283 e.